The zero-order valence-corrected chi connectivity index (χ0v) is 9.78. The van der Waals surface area contributed by atoms with Crippen molar-refractivity contribution in [2.75, 3.05) is 6.54 Å². The summed E-state index contributed by atoms with van der Waals surface area (Å²) in [4.78, 5) is 12.0. The van der Waals surface area contributed by atoms with Gasteiger partial charge in [0.05, 0.1) is 5.92 Å². The van der Waals surface area contributed by atoms with Crippen LogP contribution in [0.2, 0.25) is 0 Å². The lowest BCUT2D eigenvalue weighted by molar-refractivity contribution is -0.120. The predicted molar refractivity (Wildman–Crippen MR) is 67.3 cm³/mol. The van der Waals surface area contributed by atoms with Gasteiger partial charge in [-0.2, -0.15) is 0 Å². The number of Topliss-reactive ketones (excluding diaryl/α,β-unsaturated/α-hetero) is 1. The van der Waals surface area contributed by atoms with Gasteiger partial charge in [-0.15, -0.1) is 6.58 Å². The van der Waals surface area contributed by atoms with Crippen molar-refractivity contribution in [3.63, 3.8) is 0 Å². The van der Waals surface area contributed by atoms with Gasteiger partial charge in [-0.3, -0.25) is 4.79 Å². The molecule has 1 rings (SSSR count). The molecule has 0 heterocycles. The lowest BCUT2D eigenvalue weighted by Crippen LogP contribution is -2.21. The molecule has 0 radical (unpaired) electrons. The topological polar surface area (TPSA) is 43.1 Å². The highest BCUT2D eigenvalue weighted by atomic mass is 16.1. The molecule has 2 heteroatoms. The van der Waals surface area contributed by atoms with Crippen LogP contribution in [0, 0.1) is 0 Å². The monoisotopic (exact) mass is 217 g/mol. The molecule has 0 fully saturated rings. The fourth-order valence-electron chi connectivity index (χ4n) is 1.65. The molecule has 2 N–H and O–H groups in total. The number of carbonyl (C=O) groups excluding carboxylic acids is 1. The number of hydrogen-bond acceptors (Lipinski definition) is 2. The van der Waals surface area contributed by atoms with Crippen molar-refractivity contribution >= 4 is 5.78 Å². The summed E-state index contributed by atoms with van der Waals surface area (Å²) in [7, 11) is 0. The highest BCUT2D eigenvalue weighted by Crippen LogP contribution is 2.18. The number of ketones is 1. The van der Waals surface area contributed by atoms with Gasteiger partial charge in [0.2, 0.25) is 0 Å². The van der Waals surface area contributed by atoms with E-state index in [4.69, 9.17) is 5.73 Å². The Bertz CT molecular complexity index is 356. The Hall–Kier alpha value is -1.41. The fraction of sp³-hybridized carbons (Fsp3) is 0.357. The molecule has 0 aliphatic rings. The van der Waals surface area contributed by atoms with Crippen LogP contribution in [-0.4, -0.2) is 12.3 Å². The molecule has 1 aromatic rings. The highest BCUT2D eigenvalue weighted by Gasteiger charge is 2.17. The Kier molecular flexibility index (Phi) is 4.93. The minimum atomic E-state index is -0.166. The first-order valence-corrected chi connectivity index (χ1v) is 5.57. The Morgan fingerprint density at radius 2 is 1.94 bits per heavy atom. The Morgan fingerprint density at radius 1 is 1.31 bits per heavy atom. The summed E-state index contributed by atoms with van der Waals surface area (Å²) in [5, 5.41) is 0. The van der Waals surface area contributed by atoms with Gasteiger partial charge in [-0.05, 0) is 18.9 Å². The minimum Gasteiger partial charge on any atom is -0.329 e. The van der Waals surface area contributed by atoms with Gasteiger partial charge in [-0.1, -0.05) is 35.9 Å². The first-order chi connectivity index (χ1) is 7.65. The first-order valence-electron chi connectivity index (χ1n) is 5.57. The largest absolute Gasteiger partial charge is 0.329 e. The maximum atomic E-state index is 12.0. The summed E-state index contributed by atoms with van der Waals surface area (Å²) in [5.74, 6) is 0.0391. The van der Waals surface area contributed by atoms with Crippen molar-refractivity contribution < 1.29 is 4.79 Å². The number of carbonyl (C=O) groups is 1. The number of allylic oxidation sites excluding steroid dienone is 1. The number of nitrogens with two attached hydrogens (primary N) is 1. The summed E-state index contributed by atoms with van der Waals surface area (Å²) in [6.45, 7) is 6.11. The van der Waals surface area contributed by atoms with Crippen LogP contribution in [0.25, 0.3) is 0 Å². The molecular weight excluding hydrogens is 198 g/mol. The maximum Gasteiger partial charge on any atom is 0.141 e. The van der Waals surface area contributed by atoms with Crippen LogP contribution in [0.15, 0.2) is 42.5 Å². The SMILES string of the molecule is C=C(C)CCC(=O)C(CN)c1ccccc1. The fourth-order valence-corrected chi connectivity index (χ4v) is 1.65. The molecule has 0 saturated carbocycles. The molecule has 2 nitrogen and oxygen atoms in total. The molecule has 1 atom stereocenters. The summed E-state index contributed by atoms with van der Waals surface area (Å²) < 4.78 is 0. The smallest absolute Gasteiger partial charge is 0.141 e. The third kappa shape index (κ3) is 3.63. The Balaban J connectivity index is 2.68. The zero-order valence-electron chi connectivity index (χ0n) is 9.78. The van der Waals surface area contributed by atoms with Gasteiger partial charge in [-0.25, -0.2) is 0 Å². The molecule has 1 aromatic carbocycles. The highest BCUT2D eigenvalue weighted by molar-refractivity contribution is 5.86. The third-order valence-electron chi connectivity index (χ3n) is 2.62. The lowest BCUT2D eigenvalue weighted by Gasteiger charge is -2.13. The second-order valence-corrected chi connectivity index (χ2v) is 4.12. The van der Waals surface area contributed by atoms with Crippen LogP contribution >= 0.6 is 0 Å². The Labute approximate surface area is 97.2 Å². The van der Waals surface area contributed by atoms with Crippen molar-refractivity contribution in [1.82, 2.24) is 0 Å². The molecule has 1 unspecified atom stereocenters. The number of rotatable bonds is 6. The summed E-state index contributed by atoms with van der Waals surface area (Å²) in [6.07, 6.45) is 1.29. The minimum absolute atomic E-state index is 0.166. The molecule has 0 aliphatic heterocycles. The van der Waals surface area contributed by atoms with E-state index < -0.39 is 0 Å². The number of hydrogen-bond donors (Lipinski definition) is 1. The van der Waals surface area contributed by atoms with Gasteiger partial charge in [0.15, 0.2) is 0 Å². The maximum absolute atomic E-state index is 12.0. The normalized spacial score (nSPS) is 12.1. The van der Waals surface area contributed by atoms with Crippen molar-refractivity contribution in [3.05, 3.63) is 48.0 Å². The van der Waals surface area contributed by atoms with Crippen molar-refractivity contribution in [2.45, 2.75) is 25.7 Å². The van der Waals surface area contributed by atoms with Crippen molar-refractivity contribution in [1.29, 1.82) is 0 Å². The van der Waals surface area contributed by atoms with E-state index in [2.05, 4.69) is 6.58 Å². The summed E-state index contributed by atoms with van der Waals surface area (Å²) >= 11 is 0. The lowest BCUT2D eigenvalue weighted by atomic mass is 9.92. The van der Waals surface area contributed by atoms with E-state index in [0.29, 0.717) is 13.0 Å². The molecule has 16 heavy (non-hydrogen) atoms. The van der Waals surface area contributed by atoms with E-state index in [9.17, 15) is 4.79 Å². The summed E-state index contributed by atoms with van der Waals surface area (Å²) in [6, 6.07) is 9.72. The van der Waals surface area contributed by atoms with Crippen LogP contribution < -0.4 is 5.73 Å². The molecule has 0 bridgehead atoms. The predicted octanol–water partition coefficient (Wildman–Crippen LogP) is 2.65. The van der Waals surface area contributed by atoms with E-state index in [-0.39, 0.29) is 11.7 Å². The van der Waals surface area contributed by atoms with Gasteiger partial charge in [0.1, 0.15) is 5.78 Å². The van der Waals surface area contributed by atoms with Crippen molar-refractivity contribution in [3.8, 4) is 0 Å². The molecule has 86 valence electrons. The molecule has 0 aromatic heterocycles. The van der Waals surface area contributed by atoms with E-state index in [0.717, 1.165) is 17.6 Å². The first kappa shape index (κ1) is 12.7. The van der Waals surface area contributed by atoms with Crippen LogP contribution in [0.3, 0.4) is 0 Å². The van der Waals surface area contributed by atoms with Gasteiger partial charge >= 0.3 is 0 Å². The average Bonchev–Trinajstić information content (AvgIpc) is 2.29. The van der Waals surface area contributed by atoms with E-state index >= 15 is 0 Å². The van der Waals surface area contributed by atoms with Crippen LogP contribution in [0.5, 0.6) is 0 Å². The molecule has 0 saturated heterocycles. The van der Waals surface area contributed by atoms with Crippen LogP contribution in [0.4, 0.5) is 0 Å². The standard InChI is InChI=1S/C14H19NO/c1-11(2)8-9-14(16)13(10-15)12-6-4-3-5-7-12/h3-7,13H,1,8-10,15H2,2H3. The molecule has 0 amide bonds. The van der Waals surface area contributed by atoms with Crippen LogP contribution in [-0.2, 0) is 4.79 Å². The van der Waals surface area contributed by atoms with Crippen LogP contribution in [0.1, 0.15) is 31.2 Å². The van der Waals surface area contributed by atoms with Gasteiger partial charge in [0.25, 0.3) is 0 Å². The number of benzene rings is 1. The average molecular weight is 217 g/mol. The second-order valence-electron chi connectivity index (χ2n) is 4.12. The Morgan fingerprint density at radius 3 is 2.44 bits per heavy atom. The third-order valence-corrected chi connectivity index (χ3v) is 2.62. The van der Waals surface area contributed by atoms with Gasteiger partial charge < -0.3 is 5.73 Å². The van der Waals surface area contributed by atoms with E-state index in [1.807, 2.05) is 37.3 Å². The van der Waals surface area contributed by atoms with Gasteiger partial charge in [0, 0.05) is 13.0 Å². The molecule has 0 spiro atoms. The van der Waals surface area contributed by atoms with Crippen molar-refractivity contribution in [2.24, 2.45) is 5.73 Å². The molecule has 0 aliphatic carbocycles. The van der Waals surface area contributed by atoms with E-state index in [1.165, 1.54) is 0 Å². The second kappa shape index (κ2) is 6.23. The zero-order chi connectivity index (χ0) is 12.0. The quantitative estimate of drug-likeness (QED) is 0.744. The summed E-state index contributed by atoms with van der Waals surface area (Å²) in [5.41, 5.74) is 7.72. The van der Waals surface area contributed by atoms with E-state index in [1.54, 1.807) is 0 Å². The molecular formula is C14H19NO.